The Hall–Kier alpha value is -0.720. The molecule has 0 aliphatic heterocycles. The lowest BCUT2D eigenvalue weighted by atomic mass is 10.0. The van der Waals surface area contributed by atoms with Gasteiger partial charge in [-0.25, -0.2) is 16.8 Å². The lowest BCUT2D eigenvalue weighted by Crippen LogP contribution is -2.37. The first-order valence-corrected chi connectivity index (χ1v) is 8.68. The Bertz CT molecular complexity index is 511. The number of rotatable bonds is 4. The predicted octanol–water partition coefficient (Wildman–Crippen LogP) is 0.753. The van der Waals surface area contributed by atoms with Gasteiger partial charge in [-0.1, -0.05) is 19.3 Å². The van der Waals surface area contributed by atoms with Crippen molar-refractivity contribution in [2.75, 3.05) is 0 Å². The maximum atomic E-state index is 12.1. The molecule has 1 rings (SSSR count). The zero-order valence-corrected chi connectivity index (χ0v) is 11.2. The second-order valence-corrected chi connectivity index (χ2v) is 9.17. The van der Waals surface area contributed by atoms with E-state index in [1.807, 2.05) is 0 Å². The smallest absolute Gasteiger partial charge is 0.361 e. The first-order valence-electron chi connectivity index (χ1n) is 5.46. The van der Waals surface area contributed by atoms with E-state index in [0.29, 0.717) is 12.8 Å². The van der Waals surface area contributed by atoms with Gasteiger partial charge in [0.15, 0.2) is 14.4 Å². The number of nitrogens with zero attached hydrogens (tertiary/aromatic N) is 2. The minimum Gasteiger partial charge on any atom is -0.361 e. The van der Waals surface area contributed by atoms with Gasteiger partial charge in [0.2, 0.25) is 0 Å². The molecule has 1 atom stereocenters. The van der Waals surface area contributed by atoms with Crippen molar-refractivity contribution in [1.29, 1.82) is 0 Å². The van der Waals surface area contributed by atoms with Gasteiger partial charge in [-0.3, -0.25) is 0 Å². The SMILES string of the molecule is CC(S(=O)(=O)C=[N+]=[N-])S(=O)(=O)C1CCCCC1. The number of sulfone groups is 2. The number of hydrogen-bond acceptors (Lipinski definition) is 4. The molecule has 0 amide bonds. The molecule has 0 aromatic carbocycles. The summed E-state index contributed by atoms with van der Waals surface area (Å²) in [6.45, 7) is 1.13. The minimum absolute atomic E-state index is 0.290. The normalized spacial score (nSPS) is 20.5. The van der Waals surface area contributed by atoms with Gasteiger partial charge >= 0.3 is 5.55 Å². The average Bonchev–Trinajstić information content (AvgIpc) is 2.29. The summed E-state index contributed by atoms with van der Waals surface area (Å²) in [6, 6.07) is 0. The van der Waals surface area contributed by atoms with Crippen LogP contribution in [0.25, 0.3) is 5.53 Å². The highest BCUT2D eigenvalue weighted by molar-refractivity contribution is 8.16. The molecule has 1 aliphatic rings. The van der Waals surface area contributed by atoms with E-state index in [1.54, 1.807) is 0 Å². The predicted molar refractivity (Wildman–Crippen MR) is 63.9 cm³/mol. The molecule has 1 aliphatic carbocycles. The molecule has 98 valence electrons. The second kappa shape index (κ2) is 5.29. The summed E-state index contributed by atoms with van der Waals surface area (Å²) in [5.74, 6) is 0. The van der Waals surface area contributed by atoms with E-state index >= 15 is 0 Å². The van der Waals surface area contributed by atoms with E-state index in [-0.39, 0.29) is 5.55 Å². The molecule has 1 unspecified atom stereocenters. The summed E-state index contributed by atoms with van der Waals surface area (Å²) < 4.78 is 45.7. The van der Waals surface area contributed by atoms with Gasteiger partial charge in [-0.05, 0) is 19.8 Å². The fourth-order valence-electron chi connectivity index (χ4n) is 2.00. The lowest BCUT2D eigenvalue weighted by Gasteiger charge is -2.23. The van der Waals surface area contributed by atoms with Crippen molar-refractivity contribution in [2.24, 2.45) is 0 Å². The first kappa shape index (κ1) is 14.3. The summed E-state index contributed by atoms with van der Waals surface area (Å²) in [7, 11) is -7.78. The van der Waals surface area contributed by atoms with E-state index in [2.05, 4.69) is 4.79 Å². The van der Waals surface area contributed by atoms with Crippen LogP contribution in [0.5, 0.6) is 0 Å². The van der Waals surface area contributed by atoms with Crippen molar-refractivity contribution in [3.63, 3.8) is 0 Å². The van der Waals surface area contributed by atoms with E-state index in [9.17, 15) is 16.8 Å². The fraction of sp³-hybridized carbons (Fsp3) is 0.889. The van der Waals surface area contributed by atoms with E-state index < -0.39 is 29.5 Å². The standard InChI is InChI=1S/C9H16N2O4S2/c1-8(16(12,13)7-11-10)17(14,15)9-5-3-2-4-6-9/h7-9H,2-6H2,1H3. The molecule has 0 aromatic rings. The van der Waals surface area contributed by atoms with Gasteiger partial charge in [0.1, 0.15) is 0 Å². The van der Waals surface area contributed by atoms with Gasteiger partial charge in [-0.2, -0.15) is 4.79 Å². The summed E-state index contributed by atoms with van der Waals surface area (Å²) in [5.41, 5.74) is 8.51. The topological polar surface area (TPSA) is 105 Å². The summed E-state index contributed by atoms with van der Waals surface area (Å²) in [4.78, 5) is 2.41. The third-order valence-corrected chi connectivity index (χ3v) is 8.39. The Labute approximate surface area is 101 Å². The van der Waals surface area contributed by atoms with Gasteiger partial charge in [0.05, 0.1) is 5.25 Å². The molecule has 17 heavy (non-hydrogen) atoms. The van der Waals surface area contributed by atoms with Crippen molar-refractivity contribution in [3.8, 4) is 0 Å². The third kappa shape index (κ3) is 3.14. The van der Waals surface area contributed by atoms with Gasteiger partial charge in [0.25, 0.3) is 9.84 Å². The summed E-state index contributed by atoms with van der Waals surface area (Å²) in [6.07, 6.45) is 3.64. The van der Waals surface area contributed by atoms with Crippen molar-refractivity contribution < 1.29 is 21.6 Å². The maximum absolute atomic E-state index is 12.1. The molecular formula is C9H16N2O4S2. The Morgan fingerprint density at radius 2 is 1.71 bits per heavy atom. The molecule has 0 bridgehead atoms. The Morgan fingerprint density at radius 3 is 2.18 bits per heavy atom. The quantitative estimate of drug-likeness (QED) is 0.328. The van der Waals surface area contributed by atoms with Gasteiger partial charge in [0, 0.05) is 0 Å². The third-order valence-electron chi connectivity index (χ3n) is 3.14. The highest BCUT2D eigenvalue weighted by atomic mass is 32.3. The average molecular weight is 280 g/mol. The maximum Gasteiger partial charge on any atom is 0.371 e. The van der Waals surface area contributed by atoms with Crippen LogP contribution in [-0.4, -0.2) is 37.0 Å². The Balaban J connectivity index is 3.01. The van der Waals surface area contributed by atoms with Crippen LogP contribution in [0.2, 0.25) is 0 Å². The summed E-state index contributed by atoms with van der Waals surface area (Å²) in [5, 5.41) is -0.590. The lowest BCUT2D eigenvalue weighted by molar-refractivity contribution is 0.00752. The molecule has 0 heterocycles. The molecule has 0 N–H and O–H groups in total. The molecule has 6 nitrogen and oxygen atoms in total. The first-order chi connectivity index (χ1) is 7.82. The highest BCUT2D eigenvalue weighted by Gasteiger charge is 2.40. The zero-order valence-electron chi connectivity index (χ0n) is 9.61. The molecule has 0 radical (unpaired) electrons. The van der Waals surface area contributed by atoms with Crippen LogP contribution < -0.4 is 0 Å². The van der Waals surface area contributed by atoms with Crippen molar-refractivity contribution in [2.45, 2.75) is 48.9 Å². The van der Waals surface area contributed by atoms with Crippen molar-refractivity contribution in [3.05, 3.63) is 5.53 Å². The zero-order chi connectivity index (χ0) is 13.1. The van der Waals surface area contributed by atoms with Crippen LogP contribution in [-0.2, 0) is 19.7 Å². The van der Waals surface area contributed by atoms with Gasteiger partial charge in [-0.15, -0.1) is 0 Å². The number of hydrogen-bond donors (Lipinski definition) is 0. The van der Waals surface area contributed by atoms with Crippen LogP contribution in [0.4, 0.5) is 0 Å². The fourth-order valence-corrected chi connectivity index (χ4v) is 5.95. The molecule has 0 aromatic heterocycles. The van der Waals surface area contributed by atoms with Crippen molar-refractivity contribution >= 4 is 25.2 Å². The molecule has 0 saturated heterocycles. The van der Waals surface area contributed by atoms with E-state index in [1.165, 1.54) is 0 Å². The van der Waals surface area contributed by atoms with E-state index in [4.69, 9.17) is 5.53 Å². The Kier molecular flexibility index (Phi) is 4.46. The van der Waals surface area contributed by atoms with Crippen LogP contribution in [0, 0.1) is 0 Å². The van der Waals surface area contributed by atoms with Crippen molar-refractivity contribution in [1.82, 2.24) is 0 Å². The summed E-state index contributed by atoms with van der Waals surface area (Å²) >= 11 is 0. The second-order valence-electron chi connectivity index (χ2n) is 4.23. The molecular weight excluding hydrogens is 264 g/mol. The Morgan fingerprint density at radius 1 is 1.18 bits per heavy atom. The van der Waals surface area contributed by atoms with Crippen LogP contribution in [0.1, 0.15) is 39.0 Å². The largest absolute Gasteiger partial charge is 0.371 e. The highest BCUT2D eigenvalue weighted by Crippen LogP contribution is 2.27. The van der Waals surface area contributed by atoms with E-state index in [0.717, 1.165) is 26.2 Å². The molecule has 1 saturated carbocycles. The van der Waals surface area contributed by atoms with Crippen LogP contribution in [0.15, 0.2) is 0 Å². The van der Waals surface area contributed by atoms with Crippen LogP contribution in [0.3, 0.4) is 0 Å². The minimum atomic E-state index is -4.05. The monoisotopic (exact) mass is 280 g/mol. The van der Waals surface area contributed by atoms with Gasteiger partial charge < -0.3 is 5.53 Å². The molecule has 1 fully saturated rings. The molecule has 8 heteroatoms. The van der Waals surface area contributed by atoms with Crippen LogP contribution >= 0.6 is 0 Å². The molecule has 0 spiro atoms.